The van der Waals surface area contributed by atoms with Gasteiger partial charge in [-0.05, 0) is 77.9 Å². The number of anilines is 4. The van der Waals surface area contributed by atoms with Crippen molar-refractivity contribution < 1.29 is 19.2 Å². The number of imide groups is 1. The maximum absolute atomic E-state index is 13.3. The Hall–Kier alpha value is -4.48. The molecule has 14 nitrogen and oxygen atoms in total. The number of aromatic nitrogens is 3. The third-order valence-corrected chi connectivity index (χ3v) is 12.9. The fourth-order valence-electron chi connectivity index (χ4n) is 8.11. The van der Waals surface area contributed by atoms with Crippen molar-refractivity contribution in [2.45, 2.75) is 64.7 Å². The molecule has 0 bridgehead atoms. The Morgan fingerprint density at radius 2 is 1.80 bits per heavy atom. The van der Waals surface area contributed by atoms with Gasteiger partial charge in [-0.15, -0.1) is 0 Å². The average Bonchev–Trinajstić information content (AvgIpc) is 3.77. The summed E-state index contributed by atoms with van der Waals surface area (Å²) in [4.78, 5) is 73.6. The number of carbonyl (C=O) groups excluding carboxylic acids is 4. The predicted molar refractivity (Wildman–Crippen MR) is 219 cm³/mol. The number of piperazine rings is 1. The molecule has 4 aromatic rings. The van der Waals surface area contributed by atoms with Gasteiger partial charge in [-0.2, -0.15) is 0 Å². The highest BCUT2D eigenvalue weighted by Gasteiger charge is 2.40. The number of amides is 4. The van der Waals surface area contributed by atoms with Crippen molar-refractivity contribution in [1.29, 1.82) is 0 Å². The summed E-state index contributed by atoms with van der Waals surface area (Å²) in [7, 11) is 0. The number of fused-ring (bicyclic) bond motifs is 1. The summed E-state index contributed by atoms with van der Waals surface area (Å²) in [5.74, 6) is 1.02. The zero-order valence-electron chi connectivity index (χ0n) is 31.1. The molecule has 1 atom stereocenters. The molecule has 8 rings (SSSR count). The zero-order valence-corrected chi connectivity index (χ0v) is 34.3. The first-order valence-corrected chi connectivity index (χ1v) is 20.8. The number of rotatable bonds is 9. The minimum atomic E-state index is -0.626. The highest BCUT2D eigenvalue weighted by molar-refractivity contribution is 9.10. The van der Waals surface area contributed by atoms with Gasteiger partial charge in [0, 0.05) is 75.4 Å². The van der Waals surface area contributed by atoms with Crippen LogP contribution in [0.3, 0.4) is 0 Å². The van der Waals surface area contributed by atoms with Crippen LogP contribution in [0.25, 0.3) is 0 Å². The van der Waals surface area contributed by atoms with Gasteiger partial charge in [0.05, 0.1) is 22.5 Å². The lowest BCUT2D eigenvalue weighted by Crippen LogP contribution is -2.53. The Kier molecular flexibility index (Phi) is 11.1. The maximum Gasteiger partial charge on any atom is 0.267 e. The molecule has 3 fully saturated rings. The Morgan fingerprint density at radius 1 is 1.02 bits per heavy atom. The first kappa shape index (κ1) is 38.4. The van der Waals surface area contributed by atoms with Gasteiger partial charge < -0.3 is 20.4 Å². The minimum absolute atomic E-state index is 0.169. The van der Waals surface area contributed by atoms with E-state index in [-0.39, 0.29) is 24.1 Å². The van der Waals surface area contributed by atoms with Crippen molar-refractivity contribution in [3.8, 4) is 0 Å². The van der Waals surface area contributed by atoms with E-state index in [2.05, 4.69) is 62.6 Å². The van der Waals surface area contributed by atoms with Crippen molar-refractivity contribution >= 4 is 85.0 Å². The summed E-state index contributed by atoms with van der Waals surface area (Å²) < 4.78 is 0.749. The van der Waals surface area contributed by atoms with Crippen LogP contribution in [0.5, 0.6) is 0 Å². The summed E-state index contributed by atoms with van der Waals surface area (Å²) >= 11 is 11.2. The van der Waals surface area contributed by atoms with Crippen molar-refractivity contribution in [3.05, 3.63) is 85.0 Å². The molecule has 2 aromatic carbocycles. The van der Waals surface area contributed by atoms with Crippen LogP contribution in [0.4, 0.5) is 22.5 Å². The van der Waals surface area contributed by atoms with Crippen LogP contribution < -0.4 is 20.9 Å². The lowest BCUT2D eigenvalue weighted by Gasteiger charge is -2.43. The molecule has 56 heavy (non-hydrogen) atoms. The molecular weight excluding hydrogens is 820 g/mol. The number of aryl methyl sites for hydroxylation is 2. The van der Waals surface area contributed by atoms with Gasteiger partial charge in [0.1, 0.15) is 28.4 Å². The molecule has 17 heteroatoms. The summed E-state index contributed by atoms with van der Waals surface area (Å²) in [5.41, 5.74) is 4.13. The summed E-state index contributed by atoms with van der Waals surface area (Å²) in [5, 5.41) is 9.59. The summed E-state index contributed by atoms with van der Waals surface area (Å²) in [6, 6.07) is 11.4. The molecule has 1 unspecified atom stereocenters. The van der Waals surface area contributed by atoms with Gasteiger partial charge in [0.15, 0.2) is 5.13 Å². The number of piperidine rings is 2. The smallest absolute Gasteiger partial charge is 0.267 e. The second kappa shape index (κ2) is 16.2. The second-order valence-electron chi connectivity index (χ2n) is 14.7. The fraction of sp³-hybridized carbons (Fsp3) is 0.410. The van der Waals surface area contributed by atoms with Crippen molar-refractivity contribution in [1.82, 2.24) is 35.0 Å². The molecule has 0 spiro atoms. The molecule has 292 valence electrons. The van der Waals surface area contributed by atoms with Gasteiger partial charge in [-0.3, -0.25) is 34.3 Å². The van der Waals surface area contributed by atoms with E-state index in [4.69, 9.17) is 16.6 Å². The number of hydrogen-bond acceptors (Lipinski definition) is 12. The number of thiazole rings is 1. The fourth-order valence-corrected chi connectivity index (χ4v) is 9.81. The standard InChI is InChI=1S/C39H42BrClN10O4S/c1-22-4-3-5-28(41)35(22)47-37(54)30-19-42-39(56-30)45-31-18-32(44-23(2)43-31)50-10-8-26(9-11-50)49-14-12-48(13-15-49)20-24-16-25-21-51(38(55)34(25)27(40)17-24)29-6-7-33(52)46-36(29)53/h3-5,16-19,26,29H,6-15,20-21H2,1-2H3,(H,47,54)(H,46,52,53)(H,42,43,44,45). The molecular formula is C39H42BrClN10O4S. The number of halogens is 2. The van der Waals surface area contributed by atoms with Gasteiger partial charge in [-0.25, -0.2) is 15.0 Å². The molecule has 4 aliphatic heterocycles. The van der Waals surface area contributed by atoms with E-state index in [1.807, 2.05) is 38.1 Å². The largest absolute Gasteiger partial charge is 0.356 e. The topological polar surface area (TPSA) is 156 Å². The van der Waals surface area contributed by atoms with Crippen molar-refractivity contribution in [2.75, 3.05) is 54.8 Å². The van der Waals surface area contributed by atoms with E-state index in [1.165, 1.54) is 11.3 Å². The second-order valence-corrected chi connectivity index (χ2v) is 17.0. The monoisotopic (exact) mass is 860 g/mol. The average molecular weight is 862 g/mol. The Bertz CT molecular complexity index is 2180. The van der Waals surface area contributed by atoms with Crippen LogP contribution in [-0.2, 0) is 22.7 Å². The van der Waals surface area contributed by atoms with Crippen LogP contribution in [0, 0.1) is 13.8 Å². The van der Waals surface area contributed by atoms with Crippen molar-refractivity contribution in [3.63, 3.8) is 0 Å². The van der Waals surface area contributed by atoms with Crippen LogP contribution in [0.2, 0.25) is 5.02 Å². The van der Waals surface area contributed by atoms with Crippen LogP contribution in [-0.4, -0.2) is 105 Å². The van der Waals surface area contributed by atoms with Gasteiger partial charge in [0.25, 0.3) is 11.8 Å². The van der Waals surface area contributed by atoms with E-state index in [1.54, 1.807) is 17.2 Å². The molecule has 0 aliphatic carbocycles. The van der Waals surface area contributed by atoms with E-state index in [9.17, 15) is 19.2 Å². The van der Waals surface area contributed by atoms with Crippen molar-refractivity contribution in [2.24, 2.45) is 0 Å². The van der Waals surface area contributed by atoms with Crippen LogP contribution in [0.15, 0.2) is 47.1 Å². The number of benzene rings is 2. The maximum atomic E-state index is 13.3. The Morgan fingerprint density at radius 3 is 2.55 bits per heavy atom. The molecule has 0 radical (unpaired) electrons. The van der Waals surface area contributed by atoms with E-state index >= 15 is 0 Å². The van der Waals surface area contributed by atoms with Crippen LogP contribution >= 0.6 is 38.9 Å². The lowest BCUT2D eigenvalue weighted by atomic mass is 10.0. The normalized spacial score (nSPS) is 19.6. The third kappa shape index (κ3) is 8.16. The first-order valence-electron chi connectivity index (χ1n) is 18.8. The lowest BCUT2D eigenvalue weighted by molar-refractivity contribution is -0.136. The van der Waals surface area contributed by atoms with Gasteiger partial charge in [-0.1, -0.05) is 41.1 Å². The van der Waals surface area contributed by atoms with Gasteiger partial charge >= 0.3 is 0 Å². The first-order chi connectivity index (χ1) is 27.0. The number of para-hydroxylation sites is 1. The van der Waals surface area contributed by atoms with E-state index in [0.29, 0.717) is 56.9 Å². The molecule has 4 aliphatic rings. The highest BCUT2D eigenvalue weighted by atomic mass is 79.9. The molecule has 2 aromatic heterocycles. The number of carbonyl (C=O) groups is 4. The number of nitrogens with one attached hydrogen (secondary N) is 3. The molecule has 4 amide bonds. The highest BCUT2D eigenvalue weighted by Crippen LogP contribution is 2.35. The molecule has 3 N–H and O–H groups in total. The molecule has 3 saturated heterocycles. The SMILES string of the molecule is Cc1nc(Nc2ncc(C(=O)Nc3c(C)cccc3Cl)s2)cc(N2CCC(N3CCN(Cc4cc(Br)c5c(c4)CN(C4CCC(=O)NC4=O)C5=O)CC3)CC2)n1. The zero-order chi connectivity index (χ0) is 39.1. The third-order valence-electron chi connectivity index (χ3n) is 11.0. The number of nitrogens with zero attached hydrogens (tertiary/aromatic N) is 7. The van der Waals surface area contributed by atoms with Crippen LogP contribution in [0.1, 0.15) is 68.2 Å². The summed E-state index contributed by atoms with van der Waals surface area (Å²) in [6.45, 7) is 10.6. The van der Waals surface area contributed by atoms with E-state index < -0.39 is 11.9 Å². The Labute approximate surface area is 342 Å². The quantitative estimate of drug-likeness (QED) is 0.183. The Balaban J connectivity index is 0.819. The molecule has 6 heterocycles. The predicted octanol–water partition coefficient (Wildman–Crippen LogP) is 5.51. The minimum Gasteiger partial charge on any atom is -0.356 e. The molecule has 0 saturated carbocycles. The number of hydrogen-bond donors (Lipinski definition) is 3. The summed E-state index contributed by atoms with van der Waals surface area (Å²) in [6.07, 6.45) is 4.21. The van der Waals surface area contributed by atoms with Gasteiger partial charge in [0.2, 0.25) is 11.8 Å². The van der Waals surface area contributed by atoms with E-state index in [0.717, 1.165) is 85.6 Å².